The molecule has 0 aromatic heterocycles. The van der Waals surface area contributed by atoms with Crippen LogP contribution in [0.15, 0.2) is 109 Å². The molecule has 0 radical (unpaired) electrons. The Kier molecular flexibility index (Phi) is 5.94. The maximum Gasteiger partial charge on any atom is -0.0154 e. The van der Waals surface area contributed by atoms with Crippen molar-refractivity contribution >= 4 is 5.57 Å². The molecular formula is C23H24. The average molecular weight is 300 g/mol. The molecule has 0 unspecified atom stereocenters. The SMILES string of the molecule is C=C(/C=C\C(=C)C1=CC=CCC1)C(=C)/C(=C\C)c1ccccc1. The van der Waals surface area contributed by atoms with Gasteiger partial charge in [-0.25, -0.2) is 0 Å². The fourth-order valence-corrected chi connectivity index (χ4v) is 2.58. The first-order valence-electron chi connectivity index (χ1n) is 7.97. The Labute approximate surface area is 140 Å². The first kappa shape index (κ1) is 16.8. The van der Waals surface area contributed by atoms with Gasteiger partial charge >= 0.3 is 0 Å². The minimum absolute atomic E-state index is 0.912. The van der Waals surface area contributed by atoms with E-state index in [0.717, 1.165) is 40.7 Å². The summed E-state index contributed by atoms with van der Waals surface area (Å²) >= 11 is 0. The third kappa shape index (κ3) is 4.43. The summed E-state index contributed by atoms with van der Waals surface area (Å²) in [5, 5.41) is 0. The summed E-state index contributed by atoms with van der Waals surface area (Å²) in [6, 6.07) is 10.3. The Morgan fingerprint density at radius 2 is 1.78 bits per heavy atom. The molecule has 0 atom stereocenters. The van der Waals surface area contributed by atoms with E-state index < -0.39 is 0 Å². The highest BCUT2D eigenvalue weighted by atomic mass is 14.1. The van der Waals surface area contributed by atoms with Crippen molar-refractivity contribution in [2.75, 3.05) is 0 Å². The fraction of sp³-hybridized carbons (Fsp3) is 0.130. The van der Waals surface area contributed by atoms with Crippen LogP contribution in [-0.4, -0.2) is 0 Å². The Morgan fingerprint density at radius 1 is 1.04 bits per heavy atom. The van der Waals surface area contributed by atoms with Gasteiger partial charge < -0.3 is 0 Å². The van der Waals surface area contributed by atoms with Crippen LogP contribution < -0.4 is 0 Å². The summed E-state index contributed by atoms with van der Waals surface area (Å²) in [7, 11) is 0. The van der Waals surface area contributed by atoms with E-state index in [9.17, 15) is 0 Å². The van der Waals surface area contributed by atoms with Crippen LogP contribution in [0.1, 0.15) is 25.3 Å². The number of hydrogen-bond donors (Lipinski definition) is 0. The van der Waals surface area contributed by atoms with Gasteiger partial charge in [-0.1, -0.05) is 86.5 Å². The summed E-state index contributed by atoms with van der Waals surface area (Å²) in [6.07, 6.45) is 14.7. The molecule has 1 aromatic rings. The van der Waals surface area contributed by atoms with Gasteiger partial charge in [-0.05, 0) is 53.2 Å². The van der Waals surface area contributed by atoms with Crippen LogP contribution in [0, 0.1) is 0 Å². The predicted molar refractivity (Wildman–Crippen MR) is 103 cm³/mol. The van der Waals surface area contributed by atoms with E-state index in [-0.39, 0.29) is 0 Å². The molecule has 0 saturated carbocycles. The first-order valence-corrected chi connectivity index (χ1v) is 7.97. The Balaban J connectivity index is 2.09. The van der Waals surface area contributed by atoms with Crippen molar-refractivity contribution in [2.45, 2.75) is 19.8 Å². The molecule has 1 aliphatic rings. The van der Waals surface area contributed by atoms with E-state index in [2.05, 4.69) is 56.2 Å². The summed E-state index contributed by atoms with van der Waals surface area (Å²) in [4.78, 5) is 0. The van der Waals surface area contributed by atoms with E-state index in [4.69, 9.17) is 0 Å². The van der Waals surface area contributed by atoms with Crippen molar-refractivity contribution in [1.82, 2.24) is 0 Å². The predicted octanol–water partition coefficient (Wildman–Crippen LogP) is 6.59. The van der Waals surface area contributed by atoms with Crippen molar-refractivity contribution in [1.29, 1.82) is 0 Å². The van der Waals surface area contributed by atoms with Gasteiger partial charge in [0.25, 0.3) is 0 Å². The smallest absolute Gasteiger partial charge is 0.0154 e. The highest BCUT2D eigenvalue weighted by Crippen LogP contribution is 2.28. The molecular weight excluding hydrogens is 276 g/mol. The molecule has 0 fully saturated rings. The van der Waals surface area contributed by atoms with Gasteiger partial charge in [0.15, 0.2) is 0 Å². The largest absolute Gasteiger partial charge is 0.0915 e. The van der Waals surface area contributed by atoms with Gasteiger partial charge in [0, 0.05) is 0 Å². The summed E-state index contributed by atoms with van der Waals surface area (Å²) in [5.74, 6) is 0. The van der Waals surface area contributed by atoms with Crippen LogP contribution in [0.3, 0.4) is 0 Å². The van der Waals surface area contributed by atoms with Gasteiger partial charge in [-0.2, -0.15) is 0 Å². The van der Waals surface area contributed by atoms with Crippen LogP contribution in [0.25, 0.3) is 5.57 Å². The van der Waals surface area contributed by atoms with Crippen LogP contribution in [0.5, 0.6) is 0 Å². The maximum absolute atomic E-state index is 4.22. The van der Waals surface area contributed by atoms with E-state index in [1.165, 1.54) is 5.57 Å². The molecule has 0 nitrogen and oxygen atoms in total. The van der Waals surface area contributed by atoms with Crippen molar-refractivity contribution in [3.8, 4) is 0 Å². The molecule has 0 aliphatic heterocycles. The minimum atomic E-state index is 0.912. The molecule has 0 N–H and O–H groups in total. The standard InChI is InChI=1S/C23H24/c1-5-23(22-14-10-7-11-15-22)20(4)18(2)16-17-19(3)21-12-8-6-9-13-21/h5-8,10-12,14-17H,2-4,9,13H2,1H3/b17-16-,23-5+. The number of benzene rings is 1. The second-order valence-electron chi connectivity index (χ2n) is 5.59. The molecule has 2 rings (SSSR count). The third-order valence-corrected chi connectivity index (χ3v) is 4.00. The summed E-state index contributed by atoms with van der Waals surface area (Å²) in [6.45, 7) is 14.6. The summed E-state index contributed by atoms with van der Waals surface area (Å²) in [5.41, 5.74) is 6.47. The molecule has 116 valence electrons. The second kappa shape index (κ2) is 8.14. The fourth-order valence-electron chi connectivity index (χ4n) is 2.58. The van der Waals surface area contributed by atoms with Crippen molar-refractivity contribution in [2.24, 2.45) is 0 Å². The summed E-state index contributed by atoms with van der Waals surface area (Å²) < 4.78 is 0. The molecule has 1 aliphatic carbocycles. The average Bonchev–Trinajstić information content (AvgIpc) is 2.61. The molecule has 0 bridgehead atoms. The van der Waals surface area contributed by atoms with Crippen molar-refractivity contribution in [3.05, 3.63) is 114 Å². The molecule has 1 aromatic carbocycles. The lowest BCUT2D eigenvalue weighted by atomic mass is 9.92. The van der Waals surface area contributed by atoms with Gasteiger partial charge in [0.2, 0.25) is 0 Å². The highest BCUT2D eigenvalue weighted by Gasteiger charge is 2.07. The van der Waals surface area contributed by atoms with Gasteiger partial charge in [0.05, 0.1) is 0 Å². The van der Waals surface area contributed by atoms with Crippen LogP contribution in [0.4, 0.5) is 0 Å². The molecule has 23 heavy (non-hydrogen) atoms. The molecule has 0 heteroatoms. The normalized spacial score (nSPS) is 14.7. The minimum Gasteiger partial charge on any atom is -0.0915 e. The van der Waals surface area contributed by atoms with Gasteiger partial charge in [-0.15, -0.1) is 0 Å². The van der Waals surface area contributed by atoms with Gasteiger partial charge in [0.1, 0.15) is 0 Å². The lowest BCUT2D eigenvalue weighted by Gasteiger charge is -2.12. The molecule has 0 amide bonds. The number of hydrogen-bond acceptors (Lipinski definition) is 0. The first-order chi connectivity index (χ1) is 11.1. The number of allylic oxidation sites excluding steroid dienone is 11. The quantitative estimate of drug-likeness (QED) is 0.520. The maximum atomic E-state index is 4.22. The Morgan fingerprint density at radius 3 is 2.39 bits per heavy atom. The number of rotatable bonds is 6. The van der Waals surface area contributed by atoms with Crippen molar-refractivity contribution in [3.63, 3.8) is 0 Å². The van der Waals surface area contributed by atoms with Crippen LogP contribution in [0.2, 0.25) is 0 Å². The lowest BCUT2D eigenvalue weighted by molar-refractivity contribution is 0.979. The monoisotopic (exact) mass is 300 g/mol. The Hall–Kier alpha value is -2.60. The third-order valence-electron chi connectivity index (χ3n) is 4.00. The van der Waals surface area contributed by atoms with E-state index in [1.807, 2.05) is 37.3 Å². The molecule has 0 saturated heterocycles. The lowest BCUT2D eigenvalue weighted by Crippen LogP contribution is -1.92. The molecule has 0 spiro atoms. The zero-order valence-electron chi connectivity index (χ0n) is 13.9. The van der Waals surface area contributed by atoms with Crippen LogP contribution >= 0.6 is 0 Å². The highest BCUT2D eigenvalue weighted by molar-refractivity contribution is 5.83. The second-order valence-corrected chi connectivity index (χ2v) is 5.59. The zero-order valence-corrected chi connectivity index (χ0v) is 13.9. The Bertz CT molecular complexity index is 719. The van der Waals surface area contributed by atoms with E-state index >= 15 is 0 Å². The van der Waals surface area contributed by atoms with Crippen LogP contribution in [-0.2, 0) is 0 Å². The van der Waals surface area contributed by atoms with E-state index in [0.29, 0.717) is 0 Å². The topological polar surface area (TPSA) is 0 Å². The zero-order chi connectivity index (χ0) is 16.7. The van der Waals surface area contributed by atoms with Gasteiger partial charge in [-0.3, -0.25) is 0 Å². The van der Waals surface area contributed by atoms with Crippen molar-refractivity contribution < 1.29 is 0 Å². The van der Waals surface area contributed by atoms with E-state index in [1.54, 1.807) is 0 Å². The molecule has 0 heterocycles.